The quantitative estimate of drug-likeness (QED) is 0.622. The summed E-state index contributed by atoms with van der Waals surface area (Å²) in [6.07, 6.45) is 1.61. The summed E-state index contributed by atoms with van der Waals surface area (Å²) in [6, 6.07) is 0. The van der Waals surface area contributed by atoms with E-state index in [-0.39, 0.29) is 5.91 Å². The molecule has 3 heteroatoms. The molecule has 76 valence electrons. The van der Waals surface area contributed by atoms with Crippen LogP contribution in [0.4, 0.5) is 0 Å². The smallest absolute Gasteiger partial charge is 0.240 e. The molecule has 0 unspecified atom stereocenters. The molecule has 0 aromatic heterocycles. The Morgan fingerprint density at radius 1 is 1.46 bits per heavy atom. The van der Waals surface area contributed by atoms with Crippen LogP contribution in [0.5, 0.6) is 0 Å². The topological polar surface area (TPSA) is 23.6 Å². The fraction of sp³-hybridized carbons (Fsp3) is 0.700. The average Bonchev–Trinajstić information content (AvgIpc) is 2.13. The number of nitrogens with zero attached hydrogens (tertiary/aromatic N) is 2. The van der Waals surface area contributed by atoms with E-state index in [1.807, 2.05) is 25.8 Å². The Hall–Kier alpha value is -0.990. The van der Waals surface area contributed by atoms with Crippen LogP contribution in [0.2, 0.25) is 0 Å². The molecule has 0 aromatic carbocycles. The molecule has 13 heavy (non-hydrogen) atoms. The van der Waals surface area contributed by atoms with Gasteiger partial charge in [-0.25, -0.2) is 0 Å². The number of hydrogen-bond donors (Lipinski definition) is 0. The fourth-order valence-electron chi connectivity index (χ4n) is 1.27. The van der Waals surface area contributed by atoms with Gasteiger partial charge in [0.1, 0.15) is 0 Å². The number of carbonyl (C=O) groups is 1. The van der Waals surface area contributed by atoms with Crippen molar-refractivity contribution in [2.45, 2.75) is 33.6 Å². The number of amides is 1. The van der Waals surface area contributed by atoms with Crippen LogP contribution < -0.4 is 0 Å². The van der Waals surface area contributed by atoms with E-state index in [9.17, 15) is 4.79 Å². The minimum Gasteiger partial charge on any atom is -0.288 e. The van der Waals surface area contributed by atoms with E-state index in [2.05, 4.69) is 6.58 Å². The third-order valence-corrected chi connectivity index (χ3v) is 1.92. The Kier molecular flexibility index (Phi) is 5.19. The van der Waals surface area contributed by atoms with Crippen LogP contribution in [0.15, 0.2) is 12.3 Å². The highest BCUT2D eigenvalue weighted by molar-refractivity contribution is 5.76. The molecule has 1 fully saturated rings. The van der Waals surface area contributed by atoms with Crippen molar-refractivity contribution in [2.75, 3.05) is 13.6 Å². The van der Waals surface area contributed by atoms with Gasteiger partial charge in [-0.05, 0) is 13.3 Å². The molecule has 1 aliphatic heterocycles. The number of rotatable bonds is 1. The predicted molar refractivity (Wildman–Crippen MR) is 54.9 cm³/mol. The lowest BCUT2D eigenvalue weighted by molar-refractivity contribution is -0.147. The molecule has 1 saturated heterocycles. The van der Waals surface area contributed by atoms with E-state index in [1.165, 1.54) is 0 Å². The second kappa shape index (κ2) is 5.62. The lowest BCUT2D eigenvalue weighted by atomic mass is 10.2. The first-order chi connectivity index (χ1) is 6.13. The fourth-order valence-corrected chi connectivity index (χ4v) is 1.27. The van der Waals surface area contributed by atoms with Gasteiger partial charge in [-0.1, -0.05) is 20.4 Å². The molecule has 0 aliphatic carbocycles. The SMILES string of the molecule is C=C(C)N1CCCC(=O)N1C.CC. The minimum atomic E-state index is 0.180. The zero-order valence-electron chi connectivity index (χ0n) is 9.13. The van der Waals surface area contributed by atoms with Crippen LogP contribution >= 0.6 is 0 Å². The maximum absolute atomic E-state index is 11.2. The molecular formula is C10H20N2O. The lowest BCUT2D eigenvalue weighted by Crippen LogP contribution is -2.46. The average molecular weight is 184 g/mol. The zero-order chi connectivity index (χ0) is 10.4. The number of hydrazine groups is 1. The first kappa shape index (κ1) is 12.0. The number of carbonyl (C=O) groups excluding carboxylic acids is 1. The molecule has 0 spiro atoms. The number of allylic oxidation sites excluding steroid dienone is 1. The maximum Gasteiger partial charge on any atom is 0.240 e. The largest absolute Gasteiger partial charge is 0.288 e. The highest BCUT2D eigenvalue weighted by Gasteiger charge is 2.21. The van der Waals surface area contributed by atoms with Crippen molar-refractivity contribution in [1.29, 1.82) is 0 Å². The Morgan fingerprint density at radius 2 is 2.00 bits per heavy atom. The molecule has 1 aliphatic rings. The van der Waals surface area contributed by atoms with E-state index in [0.717, 1.165) is 18.7 Å². The third-order valence-electron chi connectivity index (χ3n) is 1.92. The van der Waals surface area contributed by atoms with Crippen molar-refractivity contribution in [3.8, 4) is 0 Å². The molecule has 0 atom stereocenters. The summed E-state index contributed by atoms with van der Waals surface area (Å²) in [5, 5.41) is 3.55. The second-order valence-corrected chi connectivity index (χ2v) is 2.88. The van der Waals surface area contributed by atoms with Gasteiger partial charge in [0.15, 0.2) is 0 Å². The lowest BCUT2D eigenvalue weighted by Gasteiger charge is -2.37. The van der Waals surface area contributed by atoms with Gasteiger partial charge in [0.05, 0.1) is 0 Å². The van der Waals surface area contributed by atoms with Gasteiger partial charge in [0.25, 0.3) is 0 Å². The van der Waals surface area contributed by atoms with Gasteiger partial charge < -0.3 is 0 Å². The van der Waals surface area contributed by atoms with Crippen molar-refractivity contribution < 1.29 is 4.79 Å². The Labute approximate surface area is 81.0 Å². The van der Waals surface area contributed by atoms with E-state index < -0.39 is 0 Å². The summed E-state index contributed by atoms with van der Waals surface area (Å²) >= 11 is 0. The molecule has 1 heterocycles. The standard InChI is InChI=1S/C8H14N2O.C2H6/c1-7(2)10-6-4-5-8(11)9(10)3;1-2/h1,4-6H2,2-3H3;1-2H3. The van der Waals surface area contributed by atoms with Crippen LogP contribution in [0, 0.1) is 0 Å². The van der Waals surface area contributed by atoms with E-state index in [4.69, 9.17) is 0 Å². The molecule has 1 rings (SSSR count). The first-order valence-corrected chi connectivity index (χ1v) is 4.82. The predicted octanol–water partition coefficient (Wildman–Crippen LogP) is 2.02. The maximum atomic E-state index is 11.2. The summed E-state index contributed by atoms with van der Waals surface area (Å²) in [6.45, 7) is 10.6. The zero-order valence-corrected chi connectivity index (χ0v) is 9.13. The molecule has 3 nitrogen and oxygen atoms in total. The molecule has 0 bridgehead atoms. The van der Waals surface area contributed by atoms with Crippen LogP contribution in [-0.2, 0) is 4.79 Å². The molecule has 0 aromatic rings. The van der Waals surface area contributed by atoms with Crippen molar-refractivity contribution in [2.24, 2.45) is 0 Å². The normalized spacial score (nSPS) is 16.5. The summed E-state index contributed by atoms with van der Waals surface area (Å²) in [5.41, 5.74) is 0.931. The van der Waals surface area contributed by atoms with Crippen molar-refractivity contribution >= 4 is 5.91 Å². The van der Waals surface area contributed by atoms with E-state index in [0.29, 0.717) is 6.42 Å². The van der Waals surface area contributed by atoms with Gasteiger partial charge in [0.2, 0.25) is 5.91 Å². The molecule has 0 radical (unpaired) electrons. The minimum absolute atomic E-state index is 0.180. The first-order valence-electron chi connectivity index (χ1n) is 4.82. The molecule has 0 N–H and O–H groups in total. The second-order valence-electron chi connectivity index (χ2n) is 2.88. The summed E-state index contributed by atoms with van der Waals surface area (Å²) in [5.74, 6) is 0.180. The highest BCUT2D eigenvalue weighted by Crippen LogP contribution is 2.13. The Morgan fingerprint density at radius 3 is 2.38 bits per heavy atom. The van der Waals surface area contributed by atoms with Gasteiger partial charge in [0, 0.05) is 25.7 Å². The Balaban J connectivity index is 0.000000671. The van der Waals surface area contributed by atoms with Gasteiger partial charge >= 0.3 is 0 Å². The monoisotopic (exact) mass is 184 g/mol. The van der Waals surface area contributed by atoms with Gasteiger partial charge in [-0.15, -0.1) is 0 Å². The summed E-state index contributed by atoms with van der Waals surface area (Å²) in [7, 11) is 1.79. The van der Waals surface area contributed by atoms with Crippen LogP contribution in [0.25, 0.3) is 0 Å². The van der Waals surface area contributed by atoms with E-state index in [1.54, 1.807) is 12.1 Å². The summed E-state index contributed by atoms with van der Waals surface area (Å²) < 4.78 is 0. The van der Waals surface area contributed by atoms with Crippen LogP contribution in [-0.4, -0.2) is 29.5 Å². The third kappa shape index (κ3) is 3.09. The molecular weight excluding hydrogens is 164 g/mol. The van der Waals surface area contributed by atoms with E-state index >= 15 is 0 Å². The summed E-state index contributed by atoms with van der Waals surface area (Å²) in [4.78, 5) is 11.2. The van der Waals surface area contributed by atoms with Gasteiger partial charge in [-0.3, -0.25) is 14.8 Å². The Bertz CT molecular complexity index is 189. The van der Waals surface area contributed by atoms with Crippen molar-refractivity contribution in [1.82, 2.24) is 10.0 Å². The van der Waals surface area contributed by atoms with Gasteiger partial charge in [-0.2, -0.15) is 0 Å². The van der Waals surface area contributed by atoms with Crippen LogP contribution in [0.3, 0.4) is 0 Å². The van der Waals surface area contributed by atoms with Crippen molar-refractivity contribution in [3.63, 3.8) is 0 Å². The van der Waals surface area contributed by atoms with Crippen molar-refractivity contribution in [3.05, 3.63) is 12.3 Å². The highest BCUT2D eigenvalue weighted by atomic mass is 16.2. The number of hydrogen-bond acceptors (Lipinski definition) is 2. The van der Waals surface area contributed by atoms with Crippen LogP contribution in [0.1, 0.15) is 33.6 Å². The molecule has 0 saturated carbocycles. The molecule has 1 amide bonds.